The van der Waals surface area contributed by atoms with Gasteiger partial charge in [-0.1, -0.05) is 19.6 Å². The van der Waals surface area contributed by atoms with E-state index in [0.29, 0.717) is 36.0 Å². The van der Waals surface area contributed by atoms with Gasteiger partial charge in [0.05, 0.1) is 0 Å². The van der Waals surface area contributed by atoms with Crippen molar-refractivity contribution in [2.75, 3.05) is 0 Å². The molecule has 0 aliphatic heterocycles. The largest absolute Gasteiger partial charge is 0.446 e. The van der Waals surface area contributed by atoms with Crippen LogP contribution in [0.25, 0.3) is 0 Å². The Morgan fingerprint density at radius 2 is 1.89 bits per heavy atom. The lowest BCUT2D eigenvalue weighted by atomic mass is 9.49. The number of hydrogen-bond donors (Lipinski definition) is 0. The second-order valence-electron chi connectivity index (χ2n) is 9.47. The van der Waals surface area contributed by atoms with E-state index >= 15 is 0 Å². The molecule has 7 atom stereocenters. The van der Waals surface area contributed by atoms with Crippen LogP contribution in [-0.4, -0.2) is 23.1 Å². The quantitative estimate of drug-likeness (QED) is 0.544. The predicted octanol–water partition coefficient (Wildman–Crippen LogP) is 4.04. The SMILES string of the molecule is C=C1C[C@H]2[C@@H]3CCC4CC(=O)C=C[C@@H]4[C@H]3CC[C@]2(C)[C@@]1(OC(C)=O)C(C)=O. The normalized spacial score (nSPS) is 45.7. The summed E-state index contributed by atoms with van der Waals surface area (Å²) in [5.74, 6) is 2.06. The minimum atomic E-state index is -1.18. The van der Waals surface area contributed by atoms with Crippen molar-refractivity contribution in [2.24, 2.45) is 35.0 Å². The number of ether oxygens (including phenoxy) is 1. The monoisotopic (exact) mass is 370 g/mol. The molecule has 4 aliphatic carbocycles. The summed E-state index contributed by atoms with van der Waals surface area (Å²) in [6.07, 6.45) is 9.41. The fourth-order valence-electron chi connectivity index (χ4n) is 7.32. The number of Topliss-reactive ketones (excluding diaryl/α,β-unsaturated/α-hetero) is 1. The molecule has 0 heterocycles. The second kappa shape index (κ2) is 6.15. The average Bonchev–Trinajstić information content (AvgIpc) is 2.82. The Morgan fingerprint density at radius 3 is 2.56 bits per heavy atom. The molecule has 0 radical (unpaired) electrons. The molecule has 4 nitrogen and oxygen atoms in total. The van der Waals surface area contributed by atoms with Crippen LogP contribution in [0.1, 0.15) is 59.3 Å². The zero-order chi connectivity index (χ0) is 19.6. The summed E-state index contributed by atoms with van der Waals surface area (Å²) < 4.78 is 5.80. The lowest BCUT2D eigenvalue weighted by molar-refractivity contribution is -0.181. The van der Waals surface area contributed by atoms with Gasteiger partial charge in [-0.3, -0.25) is 14.4 Å². The summed E-state index contributed by atoms with van der Waals surface area (Å²) in [7, 11) is 0. The molecule has 4 heteroatoms. The highest BCUT2D eigenvalue weighted by molar-refractivity contribution is 5.93. The van der Waals surface area contributed by atoms with Crippen molar-refractivity contribution in [1.29, 1.82) is 0 Å². The zero-order valence-corrected chi connectivity index (χ0v) is 16.6. The Hall–Kier alpha value is -1.71. The van der Waals surface area contributed by atoms with E-state index in [1.165, 1.54) is 6.92 Å². The second-order valence-corrected chi connectivity index (χ2v) is 9.47. The third kappa shape index (κ3) is 2.44. The first kappa shape index (κ1) is 18.6. The first-order chi connectivity index (χ1) is 12.7. The standard InChI is InChI=1S/C23H30O4/c1-13-11-21-20-7-5-16-12-17(26)6-8-18(16)19(20)9-10-22(21,4)23(13,14(2)24)27-15(3)25/h6,8,16,18-21H,1,5,7,9-12H2,2-4H3/t16?,18-,19+,20+,21-,22-,23-/m0/s1. The van der Waals surface area contributed by atoms with E-state index in [1.54, 1.807) is 13.0 Å². The van der Waals surface area contributed by atoms with Crippen LogP contribution < -0.4 is 0 Å². The molecule has 0 aromatic heterocycles. The van der Waals surface area contributed by atoms with Crippen LogP contribution in [0, 0.1) is 35.0 Å². The van der Waals surface area contributed by atoms with E-state index in [2.05, 4.69) is 19.6 Å². The van der Waals surface area contributed by atoms with E-state index in [0.717, 1.165) is 37.7 Å². The number of carbonyl (C=O) groups is 3. The van der Waals surface area contributed by atoms with Crippen molar-refractivity contribution in [1.82, 2.24) is 0 Å². The van der Waals surface area contributed by atoms with Crippen molar-refractivity contribution >= 4 is 17.5 Å². The van der Waals surface area contributed by atoms with Gasteiger partial charge in [-0.25, -0.2) is 0 Å². The highest BCUT2D eigenvalue weighted by atomic mass is 16.6. The minimum Gasteiger partial charge on any atom is -0.446 e. The maximum atomic E-state index is 12.8. The number of carbonyl (C=O) groups excluding carboxylic acids is 3. The number of hydrogen-bond acceptors (Lipinski definition) is 4. The molecule has 0 aromatic rings. The van der Waals surface area contributed by atoms with E-state index in [1.807, 2.05) is 0 Å². The van der Waals surface area contributed by atoms with Crippen LogP contribution in [0.3, 0.4) is 0 Å². The fraction of sp³-hybridized carbons (Fsp3) is 0.696. The van der Waals surface area contributed by atoms with Crippen molar-refractivity contribution in [2.45, 2.75) is 64.9 Å². The van der Waals surface area contributed by atoms with Gasteiger partial charge in [0.2, 0.25) is 0 Å². The van der Waals surface area contributed by atoms with E-state index in [9.17, 15) is 14.4 Å². The summed E-state index contributed by atoms with van der Waals surface area (Å²) >= 11 is 0. The van der Waals surface area contributed by atoms with Gasteiger partial charge in [-0.15, -0.1) is 0 Å². The first-order valence-electron chi connectivity index (χ1n) is 10.3. The maximum absolute atomic E-state index is 12.8. The number of allylic oxidation sites excluding steroid dienone is 2. The number of ketones is 2. The van der Waals surface area contributed by atoms with E-state index in [4.69, 9.17) is 4.74 Å². The molecule has 0 N–H and O–H groups in total. The number of rotatable bonds is 2. The molecule has 4 rings (SSSR count). The van der Waals surface area contributed by atoms with Gasteiger partial charge in [0.1, 0.15) is 0 Å². The summed E-state index contributed by atoms with van der Waals surface area (Å²) in [5.41, 5.74) is -0.789. The Bertz CT molecular complexity index is 749. The van der Waals surface area contributed by atoms with Gasteiger partial charge >= 0.3 is 5.97 Å². The molecule has 0 saturated heterocycles. The van der Waals surface area contributed by atoms with Crippen LogP contribution in [0.5, 0.6) is 0 Å². The minimum absolute atomic E-state index is 0.0944. The van der Waals surface area contributed by atoms with Gasteiger partial charge < -0.3 is 4.74 Å². The van der Waals surface area contributed by atoms with Crippen molar-refractivity contribution in [3.63, 3.8) is 0 Å². The average molecular weight is 370 g/mol. The highest BCUT2D eigenvalue weighted by Crippen LogP contribution is 2.67. The topological polar surface area (TPSA) is 60.4 Å². The zero-order valence-electron chi connectivity index (χ0n) is 16.6. The Morgan fingerprint density at radius 1 is 1.15 bits per heavy atom. The third-order valence-corrected chi connectivity index (χ3v) is 8.32. The fourth-order valence-corrected chi connectivity index (χ4v) is 7.32. The Balaban J connectivity index is 1.71. The van der Waals surface area contributed by atoms with Crippen LogP contribution in [0.4, 0.5) is 0 Å². The molecule has 27 heavy (non-hydrogen) atoms. The molecule has 1 unspecified atom stereocenters. The summed E-state index contributed by atoms with van der Waals surface area (Å²) in [4.78, 5) is 36.6. The summed E-state index contributed by atoms with van der Waals surface area (Å²) in [6.45, 7) is 9.29. The lowest BCUT2D eigenvalue weighted by Crippen LogP contribution is -2.58. The molecular formula is C23H30O4. The smallest absolute Gasteiger partial charge is 0.303 e. The molecule has 146 valence electrons. The molecule has 0 spiro atoms. The predicted molar refractivity (Wildman–Crippen MR) is 102 cm³/mol. The number of fused-ring (bicyclic) bond motifs is 5. The number of esters is 1. The summed E-state index contributed by atoms with van der Waals surface area (Å²) in [5, 5.41) is 0. The molecule has 3 fully saturated rings. The molecule has 0 aromatic carbocycles. The van der Waals surface area contributed by atoms with Gasteiger partial charge in [-0.05, 0) is 80.3 Å². The molecule has 0 bridgehead atoms. The molecule has 4 aliphatic rings. The Kier molecular flexibility index (Phi) is 4.25. The highest BCUT2D eigenvalue weighted by Gasteiger charge is 2.68. The van der Waals surface area contributed by atoms with Crippen molar-refractivity contribution in [3.05, 3.63) is 24.3 Å². The van der Waals surface area contributed by atoms with Crippen LogP contribution in [0.2, 0.25) is 0 Å². The van der Waals surface area contributed by atoms with Gasteiger partial charge in [-0.2, -0.15) is 0 Å². The van der Waals surface area contributed by atoms with Gasteiger partial charge in [0.25, 0.3) is 0 Å². The molecular weight excluding hydrogens is 340 g/mol. The van der Waals surface area contributed by atoms with Crippen LogP contribution >= 0.6 is 0 Å². The van der Waals surface area contributed by atoms with Crippen molar-refractivity contribution in [3.8, 4) is 0 Å². The first-order valence-corrected chi connectivity index (χ1v) is 10.3. The van der Waals surface area contributed by atoms with Gasteiger partial charge in [0, 0.05) is 18.8 Å². The maximum Gasteiger partial charge on any atom is 0.303 e. The van der Waals surface area contributed by atoms with E-state index in [-0.39, 0.29) is 17.0 Å². The van der Waals surface area contributed by atoms with Crippen molar-refractivity contribution < 1.29 is 19.1 Å². The lowest BCUT2D eigenvalue weighted by Gasteiger charge is -2.56. The summed E-state index contributed by atoms with van der Waals surface area (Å²) in [6, 6.07) is 0. The Labute approximate surface area is 161 Å². The van der Waals surface area contributed by atoms with Crippen LogP contribution in [0.15, 0.2) is 24.3 Å². The molecule has 0 amide bonds. The van der Waals surface area contributed by atoms with E-state index < -0.39 is 11.6 Å². The third-order valence-electron chi connectivity index (χ3n) is 8.32. The van der Waals surface area contributed by atoms with Crippen LogP contribution in [-0.2, 0) is 19.1 Å². The molecule has 3 saturated carbocycles. The van der Waals surface area contributed by atoms with Gasteiger partial charge in [0.15, 0.2) is 17.2 Å².